The van der Waals surface area contributed by atoms with Crippen LogP contribution in [0.5, 0.6) is 0 Å². The molecule has 3 rings (SSSR count). The summed E-state index contributed by atoms with van der Waals surface area (Å²) in [7, 11) is 0. The molecule has 0 spiro atoms. The number of nitrogens with two attached hydrogens (primary N) is 1. The van der Waals surface area contributed by atoms with Crippen LogP contribution in [0.4, 0.5) is 8.78 Å². The van der Waals surface area contributed by atoms with Crippen LogP contribution in [-0.2, 0) is 6.54 Å². The number of imidazole rings is 1. The summed E-state index contributed by atoms with van der Waals surface area (Å²) in [6.45, 7) is 1.94. The highest BCUT2D eigenvalue weighted by Gasteiger charge is 2.12. The minimum Gasteiger partial charge on any atom is -0.326 e. The fourth-order valence-corrected chi connectivity index (χ4v) is 2.12. The number of rotatable bonds is 2. The largest absolute Gasteiger partial charge is 0.326 e. The van der Waals surface area contributed by atoms with Gasteiger partial charge < -0.3 is 10.1 Å². The highest BCUT2D eigenvalue weighted by atomic mass is 19.1. The Kier molecular flexibility index (Phi) is 2.99. The Morgan fingerprint density at radius 1 is 1.20 bits per heavy atom. The van der Waals surface area contributed by atoms with Crippen LogP contribution in [0.3, 0.4) is 0 Å². The van der Waals surface area contributed by atoms with Crippen LogP contribution in [0.25, 0.3) is 16.9 Å². The number of halogens is 2. The van der Waals surface area contributed by atoms with E-state index in [9.17, 15) is 8.78 Å². The van der Waals surface area contributed by atoms with Crippen molar-refractivity contribution in [3.63, 3.8) is 0 Å². The van der Waals surface area contributed by atoms with E-state index in [0.717, 1.165) is 5.56 Å². The van der Waals surface area contributed by atoms with Gasteiger partial charge in [0, 0.05) is 24.5 Å². The van der Waals surface area contributed by atoms with Crippen LogP contribution in [-0.4, -0.2) is 9.38 Å². The summed E-state index contributed by atoms with van der Waals surface area (Å²) >= 11 is 0. The molecule has 0 bridgehead atoms. The number of fused-ring (bicyclic) bond motifs is 1. The monoisotopic (exact) mass is 273 g/mol. The van der Waals surface area contributed by atoms with Gasteiger partial charge in [-0.25, -0.2) is 13.8 Å². The van der Waals surface area contributed by atoms with Gasteiger partial charge in [0.1, 0.15) is 17.3 Å². The van der Waals surface area contributed by atoms with Crippen molar-refractivity contribution in [2.24, 2.45) is 5.73 Å². The van der Waals surface area contributed by atoms with Crippen LogP contribution in [0.2, 0.25) is 0 Å². The maximum absolute atomic E-state index is 14.0. The predicted molar refractivity (Wildman–Crippen MR) is 73.2 cm³/mol. The van der Waals surface area contributed by atoms with Gasteiger partial charge >= 0.3 is 0 Å². The van der Waals surface area contributed by atoms with Gasteiger partial charge in [-0.2, -0.15) is 0 Å². The van der Waals surface area contributed by atoms with E-state index in [0.29, 0.717) is 17.9 Å². The summed E-state index contributed by atoms with van der Waals surface area (Å²) in [5.41, 5.74) is 8.00. The number of hydrogen-bond acceptors (Lipinski definition) is 2. The Morgan fingerprint density at radius 3 is 2.75 bits per heavy atom. The second kappa shape index (κ2) is 4.68. The van der Waals surface area contributed by atoms with Crippen molar-refractivity contribution in [2.75, 3.05) is 0 Å². The summed E-state index contributed by atoms with van der Waals surface area (Å²) in [6, 6.07) is 6.05. The third-order valence-corrected chi connectivity index (χ3v) is 3.28. The molecule has 0 saturated heterocycles. The molecule has 0 aliphatic carbocycles. The van der Waals surface area contributed by atoms with E-state index in [1.54, 1.807) is 16.8 Å². The molecule has 2 N–H and O–H groups in total. The Morgan fingerprint density at radius 2 is 2.00 bits per heavy atom. The SMILES string of the molecule is Cc1cc(F)c(-c2cn3ccc(CN)cc3n2)cc1F. The number of hydrogen-bond donors (Lipinski definition) is 1. The number of aromatic nitrogens is 2. The van der Waals surface area contributed by atoms with Gasteiger partial charge in [0.2, 0.25) is 0 Å². The zero-order valence-electron chi connectivity index (χ0n) is 10.9. The Balaban J connectivity index is 2.17. The molecule has 1 aromatic carbocycles. The summed E-state index contributed by atoms with van der Waals surface area (Å²) < 4.78 is 29.3. The van der Waals surface area contributed by atoms with Crippen LogP contribution in [0.15, 0.2) is 36.7 Å². The molecule has 20 heavy (non-hydrogen) atoms. The van der Waals surface area contributed by atoms with Gasteiger partial charge in [-0.05, 0) is 42.3 Å². The summed E-state index contributed by atoms with van der Waals surface area (Å²) in [5.74, 6) is -0.924. The average Bonchev–Trinajstić information content (AvgIpc) is 2.85. The number of nitrogens with zero attached hydrogens (tertiary/aromatic N) is 2. The first-order valence-corrected chi connectivity index (χ1v) is 6.22. The minimum absolute atomic E-state index is 0.158. The molecule has 5 heteroatoms. The molecule has 102 valence electrons. The van der Waals surface area contributed by atoms with Crippen molar-refractivity contribution in [1.82, 2.24) is 9.38 Å². The summed E-state index contributed by atoms with van der Waals surface area (Å²) in [5, 5.41) is 0. The molecule has 0 saturated carbocycles. The van der Waals surface area contributed by atoms with Crippen LogP contribution in [0.1, 0.15) is 11.1 Å². The summed E-state index contributed by atoms with van der Waals surface area (Å²) in [4.78, 5) is 4.32. The molecule has 2 heterocycles. The lowest BCUT2D eigenvalue weighted by Crippen LogP contribution is -1.96. The highest BCUT2D eigenvalue weighted by molar-refractivity contribution is 5.64. The molecule has 0 aliphatic rings. The summed E-state index contributed by atoms with van der Waals surface area (Å²) in [6.07, 6.45) is 3.47. The lowest BCUT2D eigenvalue weighted by atomic mass is 10.1. The van der Waals surface area contributed by atoms with Crippen molar-refractivity contribution in [2.45, 2.75) is 13.5 Å². The molecule has 3 aromatic rings. The fourth-order valence-electron chi connectivity index (χ4n) is 2.12. The van der Waals surface area contributed by atoms with Crippen LogP contribution >= 0.6 is 0 Å². The molecule has 0 fully saturated rings. The van der Waals surface area contributed by atoms with Crippen molar-refractivity contribution in [3.05, 3.63) is 59.4 Å². The second-order valence-corrected chi connectivity index (χ2v) is 4.71. The van der Waals surface area contributed by atoms with E-state index >= 15 is 0 Å². The zero-order valence-corrected chi connectivity index (χ0v) is 10.9. The molecule has 2 aromatic heterocycles. The topological polar surface area (TPSA) is 43.3 Å². The fraction of sp³-hybridized carbons (Fsp3) is 0.133. The van der Waals surface area contributed by atoms with Crippen LogP contribution in [0, 0.1) is 18.6 Å². The number of pyridine rings is 1. The molecule has 0 atom stereocenters. The standard InChI is InChI=1S/C15H13F2N3/c1-9-4-13(17)11(6-12(9)16)14-8-20-3-2-10(7-18)5-15(20)19-14/h2-6,8H,7,18H2,1H3. The Labute approximate surface area is 114 Å². The van der Waals surface area contributed by atoms with E-state index < -0.39 is 11.6 Å². The molecule has 0 unspecified atom stereocenters. The van der Waals surface area contributed by atoms with Crippen molar-refractivity contribution < 1.29 is 8.78 Å². The van der Waals surface area contributed by atoms with E-state index in [2.05, 4.69) is 4.98 Å². The molecule has 3 nitrogen and oxygen atoms in total. The Bertz CT molecular complexity index is 793. The first-order valence-electron chi connectivity index (χ1n) is 6.22. The molecule has 0 amide bonds. The Hall–Kier alpha value is -2.27. The van der Waals surface area contributed by atoms with E-state index in [1.807, 2.05) is 12.1 Å². The predicted octanol–water partition coefficient (Wildman–Crippen LogP) is 3.05. The second-order valence-electron chi connectivity index (χ2n) is 4.71. The van der Waals surface area contributed by atoms with Crippen LogP contribution < -0.4 is 5.73 Å². The zero-order chi connectivity index (χ0) is 14.3. The first kappa shape index (κ1) is 12.7. The van der Waals surface area contributed by atoms with Crippen molar-refractivity contribution in [1.29, 1.82) is 0 Å². The number of aryl methyl sites for hydroxylation is 1. The molecular weight excluding hydrogens is 260 g/mol. The molecule has 0 radical (unpaired) electrons. The van der Waals surface area contributed by atoms with E-state index in [4.69, 9.17) is 5.73 Å². The van der Waals surface area contributed by atoms with Gasteiger partial charge in [-0.3, -0.25) is 0 Å². The maximum Gasteiger partial charge on any atom is 0.137 e. The van der Waals surface area contributed by atoms with Gasteiger partial charge in [-0.15, -0.1) is 0 Å². The van der Waals surface area contributed by atoms with Gasteiger partial charge in [0.05, 0.1) is 5.69 Å². The third kappa shape index (κ3) is 2.06. The minimum atomic E-state index is -0.480. The lowest BCUT2D eigenvalue weighted by molar-refractivity contribution is 0.595. The average molecular weight is 273 g/mol. The van der Waals surface area contributed by atoms with E-state index in [1.165, 1.54) is 19.1 Å². The normalized spacial score (nSPS) is 11.2. The highest BCUT2D eigenvalue weighted by Crippen LogP contribution is 2.25. The molecule has 0 aliphatic heterocycles. The molecular formula is C15H13F2N3. The lowest BCUT2D eigenvalue weighted by Gasteiger charge is -2.02. The smallest absolute Gasteiger partial charge is 0.137 e. The van der Waals surface area contributed by atoms with Gasteiger partial charge in [0.25, 0.3) is 0 Å². The number of benzene rings is 1. The van der Waals surface area contributed by atoms with Crippen molar-refractivity contribution >= 4 is 5.65 Å². The quantitative estimate of drug-likeness (QED) is 0.780. The van der Waals surface area contributed by atoms with Gasteiger partial charge in [-0.1, -0.05) is 0 Å². The van der Waals surface area contributed by atoms with Crippen molar-refractivity contribution in [3.8, 4) is 11.3 Å². The van der Waals surface area contributed by atoms with E-state index in [-0.39, 0.29) is 11.1 Å². The van der Waals surface area contributed by atoms with Gasteiger partial charge in [0.15, 0.2) is 0 Å². The first-order chi connectivity index (χ1) is 9.58. The maximum atomic E-state index is 14.0. The third-order valence-electron chi connectivity index (χ3n) is 3.28.